The second kappa shape index (κ2) is 9.17. The van der Waals surface area contributed by atoms with Gasteiger partial charge in [-0.2, -0.15) is 0 Å². The number of hydrogen-bond donors (Lipinski definition) is 2. The number of rotatable bonds is 7. The van der Waals surface area contributed by atoms with Crippen molar-refractivity contribution in [2.45, 2.75) is 38.3 Å². The van der Waals surface area contributed by atoms with Crippen LogP contribution in [0.4, 0.5) is 10.5 Å². The van der Waals surface area contributed by atoms with Crippen molar-refractivity contribution in [1.82, 2.24) is 14.8 Å². The molecule has 1 aromatic carbocycles. The molecule has 2 aromatic heterocycles. The van der Waals surface area contributed by atoms with Crippen molar-refractivity contribution in [3.05, 3.63) is 65.0 Å². The molecule has 2 heterocycles. The Kier molecular flexibility index (Phi) is 6.18. The molecule has 0 atom stereocenters. The fourth-order valence-electron chi connectivity index (χ4n) is 4.26. The Bertz CT molecular complexity index is 1050. The minimum Gasteiger partial charge on any atom is -0.468 e. The maximum Gasteiger partial charge on any atom is 0.319 e. The predicted octanol–water partition coefficient (Wildman–Crippen LogP) is 3.70. The highest BCUT2D eigenvalue weighted by molar-refractivity contribution is 6.00. The molecule has 2 N–H and O–H groups in total. The molecule has 0 aliphatic heterocycles. The third kappa shape index (κ3) is 4.57. The summed E-state index contributed by atoms with van der Waals surface area (Å²) in [6.45, 7) is 2.05. The first-order valence-corrected chi connectivity index (χ1v) is 10.5. The standard InChI is InChI=1S/C23H28N4O3/c1-26-16-21(19-10-4-5-11-20(19)22(26)28)25-23(29)24-12-13-27(17-7-2-3-8-17)15-18-9-6-14-30-18/h4-6,9-11,14,16-17H,2-3,7-8,12-13,15H2,1H3,(H2,24,25,29). The van der Waals surface area contributed by atoms with Gasteiger partial charge in [-0.25, -0.2) is 4.79 Å². The maximum atomic E-state index is 12.5. The van der Waals surface area contributed by atoms with Crippen molar-refractivity contribution in [3.63, 3.8) is 0 Å². The Labute approximate surface area is 175 Å². The summed E-state index contributed by atoms with van der Waals surface area (Å²) < 4.78 is 7.01. The van der Waals surface area contributed by atoms with Gasteiger partial charge in [0, 0.05) is 43.1 Å². The number of hydrogen-bond acceptors (Lipinski definition) is 4. The molecule has 2 amide bonds. The van der Waals surface area contributed by atoms with Crippen LogP contribution < -0.4 is 16.2 Å². The number of amides is 2. The number of aromatic nitrogens is 1. The van der Waals surface area contributed by atoms with E-state index in [9.17, 15) is 9.59 Å². The number of benzene rings is 1. The van der Waals surface area contributed by atoms with Crippen molar-refractivity contribution in [2.75, 3.05) is 18.4 Å². The van der Waals surface area contributed by atoms with Crippen LogP contribution in [0.1, 0.15) is 31.4 Å². The topological polar surface area (TPSA) is 79.5 Å². The van der Waals surface area contributed by atoms with Gasteiger partial charge in [0.2, 0.25) is 0 Å². The summed E-state index contributed by atoms with van der Waals surface area (Å²) in [5.41, 5.74) is 0.537. The largest absolute Gasteiger partial charge is 0.468 e. The van der Waals surface area contributed by atoms with E-state index in [2.05, 4.69) is 15.5 Å². The van der Waals surface area contributed by atoms with Gasteiger partial charge in [-0.05, 0) is 31.0 Å². The lowest BCUT2D eigenvalue weighted by Gasteiger charge is -2.28. The van der Waals surface area contributed by atoms with E-state index in [1.807, 2.05) is 30.3 Å². The van der Waals surface area contributed by atoms with Gasteiger partial charge in [0.15, 0.2) is 0 Å². The quantitative estimate of drug-likeness (QED) is 0.625. The number of carbonyl (C=O) groups is 1. The number of urea groups is 1. The van der Waals surface area contributed by atoms with Gasteiger partial charge in [-0.1, -0.05) is 31.0 Å². The zero-order chi connectivity index (χ0) is 20.9. The first-order valence-electron chi connectivity index (χ1n) is 10.5. The Balaban J connectivity index is 1.38. The molecule has 0 spiro atoms. The van der Waals surface area contributed by atoms with E-state index < -0.39 is 0 Å². The van der Waals surface area contributed by atoms with E-state index in [-0.39, 0.29) is 11.6 Å². The van der Waals surface area contributed by atoms with Crippen molar-refractivity contribution < 1.29 is 9.21 Å². The van der Waals surface area contributed by atoms with Gasteiger partial charge >= 0.3 is 6.03 Å². The molecule has 4 rings (SSSR count). The molecule has 1 aliphatic carbocycles. The van der Waals surface area contributed by atoms with Gasteiger partial charge in [0.1, 0.15) is 5.76 Å². The van der Waals surface area contributed by atoms with Crippen molar-refractivity contribution in [2.24, 2.45) is 7.05 Å². The second-order valence-electron chi connectivity index (χ2n) is 7.87. The van der Waals surface area contributed by atoms with Crippen LogP contribution in [0.3, 0.4) is 0 Å². The third-order valence-electron chi connectivity index (χ3n) is 5.80. The Morgan fingerprint density at radius 1 is 1.17 bits per heavy atom. The number of furan rings is 1. The summed E-state index contributed by atoms with van der Waals surface area (Å²) in [6, 6.07) is 11.5. The molecule has 0 saturated heterocycles. The summed E-state index contributed by atoms with van der Waals surface area (Å²) >= 11 is 0. The first kappa shape index (κ1) is 20.2. The fraction of sp³-hybridized carbons (Fsp3) is 0.391. The Hall–Kier alpha value is -3.06. The third-order valence-corrected chi connectivity index (χ3v) is 5.80. The van der Waals surface area contributed by atoms with E-state index in [0.29, 0.717) is 23.7 Å². The summed E-state index contributed by atoms with van der Waals surface area (Å²) in [7, 11) is 1.69. The molecule has 0 unspecified atom stereocenters. The molecule has 30 heavy (non-hydrogen) atoms. The molecule has 3 aromatic rings. The van der Waals surface area contributed by atoms with E-state index in [0.717, 1.165) is 24.2 Å². The molecule has 158 valence electrons. The highest BCUT2D eigenvalue weighted by atomic mass is 16.3. The van der Waals surface area contributed by atoms with E-state index in [1.165, 1.54) is 30.3 Å². The minimum atomic E-state index is -0.275. The van der Waals surface area contributed by atoms with Crippen molar-refractivity contribution in [1.29, 1.82) is 0 Å². The van der Waals surface area contributed by atoms with Crippen LogP contribution in [0.15, 0.2) is 58.1 Å². The molecule has 0 radical (unpaired) electrons. The lowest BCUT2D eigenvalue weighted by atomic mass is 10.1. The van der Waals surface area contributed by atoms with Gasteiger partial charge in [0.25, 0.3) is 5.56 Å². The minimum absolute atomic E-state index is 0.0818. The number of fused-ring (bicyclic) bond motifs is 1. The highest BCUT2D eigenvalue weighted by Gasteiger charge is 2.23. The van der Waals surface area contributed by atoms with E-state index >= 15 is 0 Å². The lowest BCUT2D eigenvalue weighted by Crippen LogP contribution is -2.40. The normalized spacial score (nSPS) is 14.5. The Morgan fingerprint density at radius 3 is 2.67 bits per heavy atom. The van der Waals surface area contributed by atoms with E-state index in [4.69, 9.17) is 4.42 Å². The molecule has 7 heteroatoms. The smallest absolute Gasteiger partial charge is 0.319 e. The zero-order valence-electron chi connectivity index (χ0n) is 17.3. The SMILES string of the molecule is Cn1cc(NC(=O)NCCN(Cc2ccco2)C2CCCC2)c2ccccc2c1=O. The van der Waals surface area contributed by atoms with Crippen LogP contribution in [-0.4, -0.2) is 34.6 Å². The fourth-order valence-corrected chi connectivity index (χ4v) is 4.26. The average molecular weight is 409 g/mol. The average Bonchev–Trinajstić information content (AvgIpc) is 3.45. The van der Waals surface area contributed by atoms with Gasteiger partial charge in [-0.15, -0.1) is 0 Å². The Morgan fingerprint density at radius 2 is 1.93 bits per heavy atom. The number of aryl methyl sites for hydroxylation is 1. The van der Waals surface area contributed by atoms with Crippen molar-refractivity contribution >= 4 is 22.5 Å². The molecule has 0 bridgehead atoms. The number of anilines is 1. The van der Waals surface area contributed by atoms with Crippen LogP contribution in [0.2, 0.25) is 0 Å². The van der Waals surface area contributed by atoms with Crippen LogP contribution in [0.25, 0.3) is 10.8 Å². The summed E-state index contributed by atoms with van der Waals surface area (Å²) in [5, 5.41) is 7.17. The zero-order valence-corrected chi connectivity index (χ0v) is 17.3. The van der Waals surface area contributed by atoms with E-state index in [1.54, 1.807) is 25.6 Å². The van der Waals surface area contributed by atoms with Crippen LogP contribution >= 0.6 is 0 Å². The molecular weight excluding hydrogens is 380 g/mol. The highest BCUT2D eigenvalue weighted by Crippen LogP contribution is 2.25. The summed E-state index contributed by atoms with van der Waals surface area (Å²) in [5.74, 6) is 0.947. The predicted molar refractivity (Wildman–Crippen MR) is 118 cm³/mol. The lowest BCUT2D eigenvalue weighted by molar-refractivity contribution is 0.176. The second-order valence-corrected chi connectivity index (χ2v) is 7.87. The van der Waals surface area contributed by atoms with Gasteiger partial charge in [0.05, 0.1) is 18.5 Å². The molecule has 7 nitrogen and oxygen atoms in total. The molecule has 1 aliphatic rings. The number of nitrogens with zero attached hydrogens (tertiary/aromatic N) is 2. The summed E-state index contributed by atoms with van der Waals surface area (Å²) in [6.07, 6.45) is 8.26. The molecular formula is C23H28N4O3. The number of carbonyl (C=O) groups excluding carboxylic acids is 1. The summed E-state index contributed by atoms with van der Waals surface area (Å²) in [4.78, 5) is 27.2. The van der Waals surface area contributed by atoms with Crippen molar-refractivity contribution in [3.8, 4) is 0 Å². The van der Waals surface area contributed by atoms with Crippen LogP contribution in [-0.2, 0) is 13.6 Å². The van der Waals surface area contributed by atoms with Crippen LogP contribution in [0, 0.1) is 0 Å². The van der Waals surface area contributed by atoms with Crippen LogP contribution in [0.5, 0.6) is 0 Å². The monoisotopic (exact) mass is 408 g/mol. The van der Waals surface area contributed by atoms with Gasteiger partial charge in [-0.3, -0.25) is 9.69 Å². The number of nitrogens with one attached hydrogen (secondary N) is 2. The first-order chi connectivity index (χ1) is 14.6. The number of pyridine rings is 1. The molecule has 1 saturated carbocycles. The maximum absolute atomic E-state index is 12.5. The molecule has 1 fully saturated rings. The van der Waals surface area contributed by atoms with Gasteiger partial charge < -0.3 is 19.6 Å².